The second-order valence-corrected chi connectivity index (χ2v) is 5.75. The number of hydrazine groups is 1. The fourth-order valence-electron chi connectivity index (χ4n) is 1.26. The minimum atomic E-state index is -0.659. The predicted octanol–water partition coefficient (Wildman–Crippen LogP) is 1.64. The van der Waals surface area contributed by atoms with Gasteiger partial charge >= 0.3 is 6.03 Å². The Morgan fingerprint density at radius 1 is 1.14 bits per heavy atom. The van der Waals surface area contributed by atoms with Crippen LogP contribution in [-0.4, -0.2) is 17.8 Å². The largest absolute Gasteiger partial charge is 0.366 e. The quantitative estimate of drug-likeness (QED) is 0.622. The third-order valence-electron chi connectivity index (χ3n) is 2.46. The fraction of sp³-hybridized carbons (Fsp3) is 0.308. The molecule has 0 spiro atoms. The number of amides is 4. The molecule has 1 aromatic carbocycles. The van der Waals surface area contributed by atoms with Crippen molar-refractivity contribution in [2.45, 2.75) is 20.8 Å². The van der Waals surface area contributed by atoms with Crippen molar-refractivity contribution in [3.05, 3.63) is 28.8 Å². The van der Waals surface area contributed by atoms with Crippen LogP contribution in [0.4, 0.5) is 10.5 Å². The van der Waals surface area contributed by atoms with Gasteiger partial charge in [0, 0.05) is 11.1 Å². The Hall–Kier alpha value is -2.28. The summed E-state index contributed by atoms with van der Waals surface area (Å²) in [4.78, 5) is 34.2. The van der Waals surface area contributed by atoms with Gasteiger partial charge in [-0.25, -0.2) is 10.2 Å². The molecule has 7 nitrogen and oxygen atoms in total. The first-order valence-electron chi connectivity index (χ1n) is 6.08. The van der Waals surface area contributed by atoms with Crippen molar-refractivity contribution in [2.75, 3.05) is 5.32 Å². The lowest BCUT2D eigenvalue weighted by Gasteiger charge is -2.18. The molecule has 0 atom stereocenters. The maximum atomic E-state index is 11.6. The lowest BCUT2D eigenvalue weighted by Crippen LogP contribution is -2.48. The normalized spacial score (nSPS) is 10.7. The highest BCUT2D eigenvalue weighted by Gasteiger charge is 2.21. The first kappa shape index (κ1) is 16.8. The highest BCUT2D eigenvalue weighted by atomic mass is 35.5. The number of nitrogens with one attached hydrogen (secondary N) is 3. The summed E-state index contributed by atoms with van der Waals surface area (Å²) in [6.45, 7) is 5.14. The third-order valence-corrected chi connectivity index (χ3v) is 2.78. The van der Waals surface area contributed by atoms with Crippen molar-refractivity contribution in [3.8, 4) is 0 Å². The van der Waals surface area contributed by atoms with E-state index in [9.17, 15) is 14.4 Å². The number of hydrogen-bond acceptors (Lipinski definition) is 3. The summed E-state index contributed by atoms with van der Waals surface area (Å²) in [5.41, 5.74) is 9.49. The molecule has 8 heteroatoms. The number of carbonyl (C=O) groups excluding carboxylic acids is 3. The van der Waals surface area contributed by atoms with Crippen LogP contribution in [0.5, 0.6) is 0 Å². The Kier molecular flexibility index (Phi) is 5.15. The molecule has 1 aromatic rings. The molecule has 0 aliphatic carbocycles. The van der Waals surface area contributed by atoms with E-state index in [2.05, 4.69) is 16.2 Å². The van der Waals surface area contributed by atoms with Gasteiger partial charge in [-0.1, -0.05) is 32.4 Å². The molecule has 21 heavy (non-hydrogen) atoms. The number of nitrogens with two attached hydrogens (primary N) is 1. The molecule has 4 amide bonds. The molecule has 0 bridgehead atoms. The lowest BCUT2D eigenvalue weighted by atomic mass is 9.96. The second-order valence-electron chi connectivity index (χ2n) is 5.34. The molecule has 0 radical (unpaired) electrons. The van der Waals surface area contributed by atoms with Gasteiger partial charge in [0.15, 0.2) is 0 Å². The Labute approximate surface area is 127 Å². The van der Waals surface area contributed by atoms with Gasteiger partial charge in [0.25, 0.3) is 0 Å². The average molecular weight is 313 g/mol. The number of rotatable bonds is 2. The van der Waals surface area contributed by atoms with Crippen LogP contribution in [0.1, 0.15) is 31.1 Å². The van der Waals surface area contributed by atoms with Gasteiger partial charge in [-0.2, -0.15) is 0 Å². The smallest absolute Gasteiger partial charge is 0.337 e. The van der Waals surface area contributed by atoms with Crippen molar-refractivity contribution in [1.82, 2.24) is 10.9 Å². The third kappa shape index (κ3) is 4.96. The van der Waals surface area contributed by atoms with E-state index in [-0.39, 0.29) is 16.5 Å². The summed E-state index contributed by atoms with van der Waals surface area (Å²) in [5, 5.41) is 2.58. The summed E-state index contributed by atoms with van der Waals surface area (Å²) in [7, 11) is 0. The van der Waals surface area contributed by atoms with E-state index in [0.29, 0.717) is 5.69 Å². The van der Waals surface area contributed by atoms with Crippen LogP contribution >= 0.6 is 11.6 Å². The van der Waals surface area contributed by atoms with Gasteiger partial charge in [-0.05, 0) is 18.2 Å². The summed E-state index contributed by atoms with van der Waals surface area (Å²) in [5.74, 6) is -0.992. The molecule has 0 heterocycles. The Bertz CT molecular complexity index is 581. The molecule has 0 fully saturated rings. The molecular formula is C13H17ClN4O3. The molecule has 0 aromatic heterocycles. The van der Waals surface area contributed by atoms with E-state index < -0.39 is 17.4 Å². The van der Waals surface area contributed by atoms with E-state index in [1.165, 1.54) is 18.2 Å². The topological polar surface area (TPSA) is 113 Å². The molecule has 0 aliphatic heterocycles. The lowest BCUT2D eigenvalue weighted by molar-refractivity contribution is -0.129. The molecule has 1 rings (SSSR count). The maximum absolute atomic E-state index is 11.6. The maximum Gasteiger partial charge on any atom is 0.337 e. The first-order chi connectivity index (χ1) is 9.61. The van der Waals surface area contributed by atoms with E-state index in [4.69, 9.17) is 17.3 Å². The Balaban J connectivity index is 2.62. The SMILES string of the molecule is CC(C)(C)C(=O)NNC(=O)Nc1ccc(C(N)=O)c(Cl)c1. The van der Waals surface area contributed by atoms with Gasteiger partial charge < -0.3 is 11.1 Å². The number of halogens is 1. The van der Waals surface area contributed by atoms with Gasteiger partial charge in [0.1, 0.15) is 0 Å². The van der Waals surface area contributed by atoms with Crippen molar-refractivity contribution in [2.24, 2.45) is 11.1 Å². The van der Waals surface area contributed by atoms with E-state index >= 15 is 0 Å². The van der Waals surface area contributed by atoms with Crippen LogP contribution in [0.2, 0.25) is 5.02 Å². The standard InChI is InChI=1S/C13H17ClN4O3/c1-13(2,3)11(20)17-18-12(21)16-7-4-5-8(10(15)19)9(14)6-7/h4-6H,1-3H3,(H2,15,19)(H,17,20)(H2,16,18,21). The summed E-state index contributed by atoms with van der Waals surface area (Å²) in [6.07, 6.45) is 0. The summed E-state index contributed by atoms with van der Waals surface area (Å²) < 4.78 is 0. The first-order valence-corrected chi connectivity index (χ1v) is 6.46. The molecule has 0 saturated carbocycles. The van der Waals surface area contributed by atoms with Crippen LogP contribution in [-0.2, 0) is 4.79 Å². The van der Waals surface area contributed by atoms with Crippen LogP contribution < -0.4 is 21.9 Å². The van der Waals surface area contributed by atoms with Crippen LogP contribution in [0.15, 0.2) is 18.2 Å². The molecule has 0 saturated heterocycles. The molecule has 0 aliphatic rings. The van der Waals surface area contributed by atoms with Crippen molar-refractivity contribution in [3.63, 3.8) is 0 Å². The molecule has 114 valence electrons. The number of benzene rings is 1. The Morgan fingerprint density at radius 3 is 2.24 bits per heavy atom. The molecule has 5 N–H and O–H groups in total. The second kappa shape index (κ2) is 6.45. The number of urea groups is 1. The zero-order valence-electron chi connectivity index (χ0n) is 11.9. The van der Waals surface area contributed by atoms with E-state index in [1.807, 2.05) is 0 Å². The summed E-state index contributed by atoms with van der Waals surface area (Å²) in [6, 6.07) is 3.60. The number of carbonyl (C=O) groups is 3. The van der Waals surface area contributed by atoms with Gasteiger partial charge in [-0.15, -0.1) is 0 Å². The van der Waals surface area contributed by atoms with E-state index in [1.54, 1.807) is 20.8 Å². The fourth-order valence-corrected chi connectivity index (χ4v) is 1.53. The highest BCUT2D eigenvalue weighted by Crippen LogP contribution is 2.20. The van der Waals surface area contributed by atoms with Gasteiger partial charge in [0.05, 0.1) is 10.6 Å². The number of hydrogen-bond donors (Lipinski definition) is 4. The van der Waals surface area contributed by atoms with Gasteiger partial charge in [0.2, 0.25) is 11.8 Å². The zero-order chi connectivity index (χ0) is 16.2. The van der Waals surface area contributed by atoms with Crippen molar-refractivity contribution < 1.29 is 14.4 Å². The predicted molar refractivity (Wildman–Crippen MR) is 79.7 cm³/mol. The summed E-state index contributed by atoms with van der Waals surface area (Å²) >= 11 is 5.85. The van der Waals surface area contributed by atoms with Crippen molar-refractivity contribution in [1.29, 1.82) is 0 Å². The van der Waals surface area contributed by atoms with Gasteiger partial charge in [-0.3, -0.25) is 15.0 Å². The van der Waals surface area contributed by atoms with Crippen LogP contribution in [0.3, 0.4) is 0 Å². The minimum Gasteiger partial charge on any atom is -0.366 e. The minimum absolute atomic E-state index is 0.124. The molecule has 0 unspecified atom stereocenters. The van der Waals surface area contributed by atoms with Crippen LogP contribution in [0, 0.1) is 5.41 Å². The van der Waals surface area contributed by atoms with Crippen LogP contribution in [0.25, 0.3) is 0 Å². The average Bonchev–Trinajstić information content (AvgIpc) is 2.34. The van der Waals surface area contributed by atoms with Crippen molar-refractivity contribution >= 4 is 35.1 Å². The number of primary amides is 1. The Morgan fingerprint density at radius 2 is 1.76 bits per heavy atom. The highest BCUT2D eigenvalue weighted by molar-refractivity contribution is 6.34. The molecular weight excluding hydrogens is 296 g/mol. The zero-order valence-corrected chi connectivity index (χ0v) is 12.7. The monoisotopic (exact) mass is 312 g/mol. The number of anilines is 1. The van der Waals surface area contributed by atoms with E-state index in [0.717, 1.165) is 0 Å².